The first-order valence-corrected chi connectivity index (χ1v) is 7.33. The van der Waals surface area contributed by atoms with Crippen LogP contribution < -0.4 is 5.32 Å². The van der Waals surface area contributed by atoms with E-state index in [2.05, 4.69) is 40.1 Å². The van der Waals surface area contributed by atoms with E-state index in [9.17, 15) is 5.11 Å². The predicted molar refractivity (Wildman–Crippen MR) is 77.9 cm³/mol. The van der Waals surface area contributed by atoms with Gasteiger partial charge in [0.25, 0.3) is 0 Å². The van der Waals surface area contributed by atoms with E-state index in [0.29, 0.717) is 11.8 Å². The lowest BCUT2D eigenvalue weighted by atomic mass is 10.00. The Kier molecular flexibility index (Phi) is 4.65. The molecule has 1 fully saturated rings. The summed E-state index contributed by atoms with van der Waals surface area (Å²) >= 11 is 3.48. The topological polar surface area (TPSA) is 35.5 Å². The minimum absolute atomic E-state index is 0.271. The third kappa shape index (κ3) is 2.87. The Balaban J connectivity index is 2.23. The molecule has 100 valence electrons. The summed E-state index contributed by atoms with van der Waals surface area (Å²) in [6, 6.07) is 6.51. The van der Waals surface area contributed by atoms with Crippen LogP contribution in [0.1, 0.15) is 31.4 Å². The molecule has 4 heteroatoms. The maximum atomic E-state index is 10.1. The average Bonchev–Trinajstić information content (AvgIpc) is 2.88. The highest BCUT2D eigenvalue weighted by molar-refractivity contribution is 9.10. The Hall–Kier alpha value is -0.580. The Labute approximate surface area is 117 Å². The number of hydrogen-bond donors (Lipinski definition) is 2. The molecule has 1 aliphatic heterocycles. The molecule has 0 spiro atoms. The summed E-state index contributed by atoms with van der Waals surface area (Å²) < 4.78 is 1.02. The smallest absolute Gasteiger partial charge is 0.120 e. The highest BCUT2D eigenvalue weighted by Crippen LogP contribution is 2.34. The normalized spacial score (nSPS) is 21.4. The predicted octanol–water partition coefficient (Wildman–Crippen LogP) is 2.90. The summed E-state index contributed by atoms with van der Waals surface area (Å²) in [5, 5.41) is 13.5. The Morgan fingerprint density at radius 2 is 2.33 bits per heavy atom. The van der Waals surface area contributed by atoms with Crippen LogP contribution in [0.25, 0.3) is 0 Å². The van der Waals surface area contributed by atoms with Gasteiger partial charge < -0.3 is 10.4 Å². The zero-order valence-corrected chi connectivity index (χ0v) is 12.6. The van der Waals surface area contributed by atoms with Gasteiger partial charge in [-0.3, -0.25) is 4.90 Å². The van der Waals surface area contributed by atoms with Crippen molar-refractivity contribution in [1.29, 1.82) is 0 Å². The van der Waals surface area contributed by atoms with Crippen LogP contribution in [0, 0.1) is 0 Å². The van der Waals surface area contributed by atoms with E-state index in [1.165, 1.54) is 6.42 Å². The number of hydrogen-bond acceptors (Lipinski definition) is 3. The standard InChI is InChI=1S/C14H21BrN2O/c1-3-13(17(2)11-6-7-16-9-11)12-8-10(15)4-5-14(12)18/h4-5,8,11,13,16,18H,3,6-7,9H2,1-2H3. The molecule has 1 heterocycles. The third-order valence-electron chi connectivity index (χ3n) is 3.84. The SMILES string of the molecule is CCC(c1cc(Br)ccc1O)N(C)C1CCNC1. The fraction of sp³-hybridized carbons (Fsp3) is 0.571. The van der Waals surface area contributed by atoms with Crippen LogP contribution in [-0.4, -0.2) is 36.2 Å². The summed E-state index contributed by atoms with van der Waals surface area (Å²) in [5.41, 5.74) is 1.02. The van der Waals surface area contributed by atoms with Gasteiger partial charge >= 0.3 is 0 Å². The number of aromatic hydroxyl groups is 1. The van der Waals surface area contributed by atoms with Crippen molar-refractivity contribution in [3.05, 3.63) is 28.2 Å². The summed E-state index contributed by atoms with van der Waals surface area (Å²) in [5.74, 6) is 0.392. The van der Waals surface area contributed by atoms with Crippen molar-refractivity contribution in [1.82, 2.24) is 10.2 Å². The molecule has 18 heavy (non-hydrogen) atoms. The highest BCUT2D eigenvalue weighted by atomic mass is 79.9. The second kappa shape index (κ2) is 6.04. The molecule has 0 saturated carbocycles. The fourth-order valence-corrected chi connectivity index (χ4v) is 3.14. The first kappa shape index (κ1) is 13.8. The fourth-order valence-electron chi connectivity index (χ4n) is 2.76. The van der Waals surface area contributed by atoms with Gasteiger partial charge in [0.2, 0.25) is 0 Å². The maximum absolute atomic E-state index is 10.1. The van der Waals surface area contributed by atoms with Gasteiger partial charge in [-0.25, -0.2) is 0 Å². The molecule has 0 radical (unpaired) electrons. The van der Waals surface area contributed by atoms with Crippen LogP contribution in [-0.2, 0) is 0 Å². The van der Waals surface area contributed by atoms with Gasteiger partial charge in [-0.15, -0.1) is 0 Å². The molecule has 0 bridgehead atoms. The molecule has 0 aliphatic carbocycles. The maximum Gasteiger partial charge on any atom is 0.120 e. The molecule has 1 aromatic rings. The van der Waals surface area contributed by atoms with Crippen molar-refractivity contribution in [2.45, 2.75) is 31.8 Å². The minimum Gasteiger partial charge on any atom is -0.508 e. The van der Waals surface area contributed by atoms with Crippen LogP contribution in [0.4, 0.5) is 0 Å². The van der Waals surface area contributed by atoms with E-state index in [0.717, 1.165) is 29.5 Å². The summed E-state index contributed by atoms with van der Waals surface area (Å²) in [6.07, 6.45) is 2.18. The zero-order chi connectivity index (χ0) is 13.1. The van der Waals surface area contributed by atoms with Gasteiger partial charge in [-0.05, 0) is 44.6 Å². The number of benzene rings is 1. The first-order chi connectivity index (χ1) is 8.63. The van der Waals surface area contributed by atoms with E-state index < -0.39 is 0 Å². The number of halogens is 1. The largest absolute Gasteiger partial charge is 0.508 e. The molecule has 1 aromatic carbocycles. The Morgan fingerprint density at radius 1 is 1.56 bits per heavy atom. The van der Waals surface area contributed by atoms with Crippen LogP contribution in [0.15, 0.2) is 22.7 Å². The lowest BCUT2D eigenvalue weighted by Gasteiger charge is -2.32. The molecular weight excluding hydrogens is 292 g/mol. The van der Waals surface area contributed by atoms with Crippen LogP contribution >= 0.6 is 15.9 Å². The van der Waals surface area contributed by atoms with Gasteiger partial charge in [-0.2, -0.15) is 0 Å². The van der Waals surface area contributed by atoms with Crippen molar-refractivity contribution in [3.63, 3.8) is 0 Å². The minimum atomic E-state index is 0.271. The molecule has 1 saturated heterocycles. The molecule has 2 unspecified atom stereocenters. The molecule has 0 amide bonds. The number of phenolic OH excluding ortho intramolecular Hbond substituents is 1. The molecule has 3 nitrogen and oxygen atoms in total. The quantitative estimate of drug-likeness (QED) is 0.897. The van der Waals surface area contributed by atoms with Crippen LogP contribution in [0.5, 0.6) is 5.75 Å². The van der Waals surface area contributed by atoms with Crippen molar-refractivity contribution in [2.75, 3.05) is 20.1 Å². The zero-order valence-electron chi connectivity index (χ0n) is 11.0. The van der Waals surface area contributed by atoms with Gasteiger partial charge in [0.1, 0.15) is 5.75 Å². The van der Waals surface area contributed by atoms with Crippen LogP contribution in [0.3, 0.4) is 0 Å². The molecule has 1 aliphatic rings. The Bertz CT molecular complexity index is 405. The Morgan fingerprint density at radius 3 is 2.94 bits per heavy atom. The molecular formula is C14H21BrN2O. The van der Waals surface area contributed by atoms with Crippen molar-refractivity contribution in [3.8, 4) is 5.75 Å². The first-order valence-electron chi connectivity index (χ1n) is 6.54. The van der Waals surface area contributed by atoms with Gasteiger partial charge in [-0.1, -0.05) is 22.9 Å². The summed E-state index contributed by atoms with van der Waals surface area (Å²) in [6.45, 7) is 4.31. The highest BCUT2D eigenvalue weighted by Gasteiger charge is 2.27. The van der Waals surface area contributed by atoms with Gasteiger partial charge in [0.05, 0.1) is 0 Å². The second-order valence-corrected chi connectivity index (χ2v) is 5.85. The van der Waals surface area contributed by atoms with Crippen LogP contribution in [0.2, 0.25) is 0 Å². The van der Waals surface area contributed by atoms with Gasteiger partial charge in [0, 0.05) is 28.7 Å². The van der Waals surface area contributed by atoms with Crippen molar-refractivity contribution in [2.24, 2.45) is 0 Å². The van der Waals surface area contributed by atoms with Gasteiger partial charge in [0.15, 0.2) is 0 Å². The monoisotopic (exact) mass is 312 g/mol. The van der Waals surface area contributed by atoms with Crippen molar-refractivity contribution >= 4 is 15.9 Å². The number of rotatable bonds is 4. The molecule has 2 N–H and O–H groups in total. The number of nitrogens with zero attached hydrogens (tertiary/aromatic N) is 1. The van der Waals surface area contributed by atoms with Crippen molar-refractivity contribution < 1.29 is 5.11 Å². The molecule has 2 rings (SSSR count). The van der Waals surface area contributed by atoms with E-state index in [1.54, 1.807) is 6.07 Å². The van der Waals surface area contributed by atoms with E-state index in [4.69, 9.17) is 0 Å². The number of likely N-dealkylation sites (N-methyl/N-ethyl adjacent to an activating group) is 1. The average molecular weight is 313 g/mol. The third-order valence-corrected chi connectivity index (χ3v) is 4.33. The lowest BCUT2D eigenvalue weighted by molar-refractivity contribution is 0.176. The number of nitrogens with one attached hydrogen (secondary N) is 1. The molecule has 0 aromatic heterocycles. The summed E-state index contributed by atoms with van der Waals surface area (Å²) in [7, 11) is 2.16. The lowest BCUT2D eigenvalue weighted by Crippen LogP contribution is -2.36. The van der Waals surface area contributed by atoms with E-state index in [1.807, 2.05) is 12.1 Å². The van der Waals surface area contributed by atoms with E-state index in [-0.39, 0.29) is 6.04 Å². The second-order valence-electron chi connectivity index (χ2n) is 4.94. The summed E-state index contributed by atoms with van der Waals surface area (Å²) in [4.78, 5) is 2.39. The number of phenols is 1. The van der Waals surface area contributed by atoms with E-state index >= 15 is 0 Å². The molecule has 2 atom stereocenters.